The second-order valence-corrected chi connectivity index (χ2v) is 6.88. The number of nitrogens with two attached hydrogens (primary N) is 1. The Labute approximate surface area is 154 Å². The first-order valence-electron chi connectivity index (χ1n) is 7.80. The summed E-state index contributed by atoms with van der Waals surface area (Å²) >= 11 is 6.13. The van der Waals surface area contributed by atoms with Crippen molar-refractivity contribution in [1.82, 2.24) is 20.1 Å². The van der Waals surface area contributed by atoms with Crippen LogP contribution in [0.2, 0.25) is 5.02 Å². The SMILES string of the molecule is CC(C)(C)OC(=O)NC(CN)c1ccc(Cl)c(-n2ncnc2C(F)F)c1. The smallest absolute Gasteiger partial charge is 0.408 e. The summed E-state index contributed by atoms with van der Waals surface area (Å²) in [5, 5.41) is 6.65. The van der Waals surface area contributed by atoms with E-state index < -0.39 is 30.0 Å². The number of carbonyl (C=O) groups is 1. The summed E-state index contributed by atoms with van der Waals surface area (Å²) in [6.45, 7) is 5.28. The Morgan fingerprint density at radius 2 is 2.12 bits per heavy atom. The van der Waals surface area contributed by atoms with Crippen LogP contribution in [0, 0.1) is 0 Å². The van der Waals surface area contributed by atoms with Crippen molar-refractivity contribution in [2.45, 2.75) is 38.8 Å². The minimum atomic E-state index is -2.82. The highest BCUT2D eigenvalue weighted by Crippen LogP contribution is 2.27. The van der Waals surface area contributed by atoms with E-state index in [4.69, 9.17) is 22.1 Å². The molecule has 0 radical (unpaired) electrons. The van der Waals surface area contributed by atoms with Crippen molar-refractivity contribution in [1.29, 1.82) is 0 Å². The lowest BCUT2D eigenvalue weighted by atomic mass is 10.1. The normalized spacial score (nSPS) is 12.9. The molecule has 7 nitrogen and oxygen atoms in total. The van der Waals surface area contributed by atoms with Gasteiger partial charge >= 0.3 is 6.09 Å². The standard InChI is InChI=1S/C16H20ClF2N5O2/c1-16(2,3)26-15(25)23-11(7-20)9-4-5-10(17)12(6-9)24-14(13(18)19)21-8-22-24/h4-6,8,11,13H,7,20H2,1-3H3,(H,23,25). The zero-order valence-corrected chi connectivity index (χ0v) is 15.3. The van der Waals surface area contributed by atoms with Crippen LogP contribution >= 0.6 is 11.6 Å². The fourth-order valence-electron chi connectivity index (χ4n) is 2.22. The number of aromatic nitrogens is 3. The molecule has 2 aromatic rings. The Hall–Kier alpha value is -2.26. The van der Waals surface area contributed by atoms with E-state index in [2.05, 4.69) is 15.4 Å². The van der Waals surface area contributed by atoms with E-state index in [-0.39, 0.29) is 17.3 Å². The summed E-state index contributed by atoms with van der Waals surface area (Å²) in [6.07, 6.45) is -2.44. The van der Waals surface area contributed by atoms with Crippen LogP contribution in [-0.4, -0.2) is 33.0 Å². The van der Waals surface area contributed by atoms with E-state index >= 15 is 0 Å². The predicted octanol–water partition coefficient (Wildman–Crippen LogP) is 3.38. The molecule has 1 amide bonds. The fraction of sp³-hybridized carbons (Fsp3) is 0.438. The summed E-state index contributed by atoms with van der Waals surface area (Å²) < 4.78 is 32.3. The van der Waals surface area contributed by atoms with Gasteiger partial charge in [0, 0.05) is 6.54 Å². The highest BCUT2D eigenvalue weighted by Gasteiger charge is 2.22. The average Bonchev–Trinajstić information content (AvgIpc) is 3.01. The number of nitrogens with one attached hydrogen (secondary N) is 1. The first-order valence-corrected chi connectivity index (χ1v) is 8.17. The van der Waals surface area contributed by atoms with E-state index in [1.54, 1.807) is 26.8 Å². The van der Waals surface area contributed by atoms with E-state index in [1.165, 1.54) is 12.1 Å². The van der Waals surface area contributed by atoms with Crippen LogP contribution in [0.4, 0.5) is 13.6 Å². The lowest BCUT2D eigenvalue weighted by Gasteiger charge is -2.23. The molecule has 10 heteroatoms. The Kier molecular flexibility index (Phi) is 6.14. The molecule has 0 fully saturated rings. The van der Waals surface area contributed by atoms with Crippen LogP contribution in [0.25, 0.3) is 5.69 Å². The van der Waals surface area contributed by atoms with Crippen molar-refractivity contribution in [3.8, 4) is 5.69 Å². The number of alkyl carbamates (subject to hydrolysis) is 1. The molecule has 1 unspecified atom stereocenters. The molecule has 3 N–H and O–H groups in total. The molecule has 0 aliphatic rings. The molecule has 1 atom stereocenters. The summed E-state index contributed by atoms with van der Waals surface area (Å²) in [5.74, 6) is -0.534. The molecule has 1 aromatic heterocycles. The lowest BCUT2D eigenvalue weighted by Crippen LogP contribution is -2.37. The van der Waals surface area contributed by atoms with Gasteiger partial charge in [0.15, 0.2) is 5.82 Å². The Morgan fingerprint density at radius 3 is 2.69 bits per heavy atom. The molecular formula is C16H20ClF2N5O2. The summed E-state index contributed by atoms with van der Waals surface area (Å²) in [5.41, 5.74) is 5.85. The van der Waals surface area contributed by atoms with Gasteiger partial charge < -0.3 is 15.8 Å². The van der Waals surface area contributed by atoms with Crippen LogP contribution in [-0.2, 0) is 4.74 Å². The number of nitrogens with zero attached hydrogens (tertiary/aromatic N) is 3. The second-order valence-electron chi connectivity index (χ2n) is 6.48. The maximum Gasteiger partial charge on any atom is 0.408 e. The maximum absolute atomic E-state index is 13.1. The van der Waals surface area contributed by atoms with Gasteiger partial charge in [0.25, 0.3) is 6.43 Å². The maximum atomic E-state index is 13.1. The number of alkyl halides is 2. The Bertz CT molecular complexity index is 776. The van der Waals surface area contributed by atoms with Crippen molar-refractivity contribution in [3.05, 3.63) is 40.9 Å². The van der Waals surface area contributed by atoms with Gasteiger partial charge in [-0.05, 0) is 38.5 Å². The predicted molar refractivity (Wildman–Crippen MR) is 92.5 cm³/mol. The first-order chi connectivity index (χ1) is 12.1. The molecule has 0 aliphatic carbocycles. The van der Waals surface area contributed by atoms with Crippen molar-refractivity contribution in [2.75, 3.05) is 6.54 Å². The minimum Gasteiger partial charge on any atom is -0.444 e. The summed E-state index contributed by atoms with van der Waals surface area (Å²) in [4.78, 5) is 15.5. The third-order valence-electron chi connectivity index (χ3n) is 3.30. The topological polar surface area (TPSA) is 95.1 Å². The molecule has 2 rings (SSSR count). The fourth-order valence-corrected chi connectivity index (χ4v) is 2.42. The van der Waals surface area contributed by atoms with Gasteiger partial charge in [-0.1, -0.05) is 17.7 Å². The van der Waals surface area contributed by atoms with E-state index in [1.807, 2.05) is 0 Å². The van der Waals surface area contributed by atoms with Crippen molar-refractivity contribution in [3.63, 3.8) is 0 Å². The van der Waals surface area contributed by atoms with Gasteiger partial charge in [-0.2, -0.15) is 5.10 Å². The monoisotopic (exact) mass is 387 g/mol. The molecule has 0 saturated heterocycles. The number of rotatable bonds is 5. The third kappa shape index (κ3) is 4.89. The number of ether oxygens (including phenoxy) is 1. The highest BCUT2D eigenvalue weighted by atomic mass is 35.5. The summed E-state index contributed by atoms with van der Waals surface area (Å²) in [6, 6.07) is 4.08. The number of amides is 1. The molecule has 0 aliphatic heterocycles. The molecule has 26 heavy (non-hydrogen) atoms. The van der Waals surface area contributed by atoms with Crippen LogP contribution in [0.5, 0.6) is 0 Å². The molecule has 142 valence electrons. The van der Waals surface area contributed by atoms with Crippen molar-refractivity contribution >= 4 is 17.7 Å². The zero-order chi connectivity index (χ0) is 19.5. The highest BCUT2D eigenvalue weighted by molar-refractivity contribution is 6.32. The van der Waals surface area contributed by atoms with Gasteiger partial charge in [0.1, 0.15) is 11.9 Å². The summed E-state index contributed by atoms with van der Waals surface area (Å²) in [7, 11) is 0. The molecule has 0 saturated carbocycles. The third-order valence-corrected chi connectivity index (χ3v) is 3.62. The Morgan fingerprint density at radius 1 is 1.42 bits per heavy atom. The van der Waals surface area contributed by atoms with Gasteiger partial charge in [-0.15, -0.1) is 0 Å². The molecule has 0 spiro atoms. The number of benzene rings is 1. The van der Waals surface area contributed by atoms with E-state index in [0.29, 0.717) is 5.56 Å². The first kappa shape index (κ1) is 20.1. The van der Waals surface area contributed by atoms with Gasteiger partial charge in [-0.25, -0.2) is 23.2 Å². The number of hydrogen-bond donors (Lipinski definition) is 2. The minimum absolute atomic E-state index is 0.0688. The average molecular weight is 388 g/mol. The van der Waals surface area contributed by atoms with Gasteiger partial charge in [0.05, 0.1) is 16.8 Å². The van der Waals surface area contributed by atoms with Gasteiger partial charge in [0.2, 0.25) is 0 Å². The quantitative estimate of drug-likeness (QED) is 0.820. The second kappa shape index (κ2) is 7.96. The zero-order valence-electron chi connectivity index (χ0n) is 14.5. The number of carbonyl (C=O) groups excluding carboxylic acids is 1. The lowest BCUT2D eigenvalue weighted by molar-refractivity contribution is 0.0505. The van der Waals surface area contributed by atoms with Crippen LogP contribution < -0.4 is 11.1 Å². The van der Waals surface area contributed by atoms with Crippen molar-refractivity contribution < 1.29 is 18.3 Å². The van der Waals surface area contributed by atoms with Gasteiger partial charge in [-0.3, -0.25) is 0 Å². The van der Waals surface area contributed by atoms with Crippen molar-refractivity contribution in [2.24, 2.45) is 5.73 Å². The van der Waals surface area contributed by atoms with Crippen LogP contribution in [0.1, 0.15) is 44.6 Å². The molecular weight excluding hydrogens is 368 g/mol. The van der Waals surface area contributed by atoms with Crippen LogP contribution in [0.15, 0.2) is 24.5 Å². The number of hydrogen-bond acceptors (Lipinski definition) is 5. The molecule has 1 aromatic carbocycles. The molecule has 1 heterocycles. The van der Waals surface area contributed by atoms with Crippen LogP contribution in [0.3, 0.4) is 0 Å². The van der Waals surface area contributed by atoms with E-state index in [9.17, 15) is 13.6 Å². The number of halogens is 3. The molecule has 0 bridgehead atoms. The Balaban J connectivity index is 2.32. The van der Waals surface area contributed by atoms with E-state index in [0.717, 1.165) is 11.0 Å². The largest absolute Gasteiger partial charge is 0.444 e.